The molecule has 0 aliphatic heterocycles. The van der Waals surface area contributed by atoms with Gasteiger partial charge in [0.25, 0.3) is 0 Å². The van der Waals surface area contributed by atoms with Crippen molar-refractivity contribution in [1.82, 2.24) is 4.72 Å². The van der Waals surface area contributed by atoms with Crippen molar-refractivity contribution in [1.29, 1.82) is 0 Å². The van der Waals surface area contributed by atoms with Crippen molar-refractivity contribution in [3.63, 3.8) is 0 Å². The Morgan fingerprint density at radius 2 is 1.96 bits per heavy atom. The highest BCUT2D eigenvalue weighted by Gasteiger charge is 2.21. The zero-order valence-corrected chi connectivity index (χ0v) is 15.6. The molecule has 8 heteroatoms. The SMILES string of the molecule is CC(=O)Nc1ccc(S(=O)(=O)NCC(c2ccsc2)c2ccco2)cc1. The number of rotatable bonds is 7. The van der Waals surface area contributed by atoms with E-state index in [2.05, 4.69) is 10.0 Å². The summed E-state index contributed by atoms with van der Waals surface area (Å²) in [4.78, 5) is 11.2. The average Bonchev–Trinajstić information content (AvgIpc) is 3.29. The zero-order valence-electron chi connectivity index (χ0n) is 14.0. The summed E-state index contributed by atoms with van der Waals surface area (Å²) < 4.78 is 33.3. The van der Waals surface area contributed by atoms with Gasteiger partial charge in [-0.2, -0.15) is 11.3 Å². The number of nitrogens with one attached hydrogen (secondary N) is 2. The van der Waals surface area contributed by atoms with Crippen LogP contribution in [0.5, 0.6) is 0 Å². The summed E-state index contributed by atoms with van der Waals surface area (Å²) in [5.74, 6) is 0.285. The predicted molar refractivity (Wildman–Crippen MR) is 101 cm³/mol. The summed E-state index contributed by atoms with van der Waals surface area (Å²) in [7, 11) is -3.68. The molecule has 0 fully saturated rings. The van der Waals surface area contributed by atoms with E-state index in [4.69, 9.17) is 4.42 Å². The first kappa shape index (κ1) is 18.4. The molecule has 3 aromatic rings. The molecule has 136 valence electrons. The minimum absolute atomic E-state index is 0.134. The lowest BCUT2D eigenvalue weighted by molar-refractivity contribution is -0.114. The molecule has 2 heterocycles. The number of sulfonamides is 1. The fourth-order valence-electron chi connectivity index (χ4n) is 2.54. The normalized spacial score (nSPS) is 12.7. The molecular weight excluding hydrogens is 372 g/mol. The third-order valence-corrected chi connectivity index (χ3v) is 5.94. The Bertz CT molecular complexity index is 913. The van der Waals surface area contributed by atoms with Gasteiger partial charge in [0, 0.05) is 19.2 Å². The van der Waals surface area contributed by atoms with E-state index in [-0.39, 0.29) is 23.3 Å². The van der Waals surface area contributed by atoms with Crippen LogP contribution in [0.4, 0.5) is 5.69 Å². The number of benzene rings is 1. The second-order valence-corrected chi connectivity index (χ2v) is 8.23. The van der Waals surface area contributed by atoms with Gasteiger partial charge in [-0.15, -0.1) is 0 Å². The molecule has 2 aromatic heterocycles. The number of hydrogen-bond donors (Lipinski definition) is 2. The molecular formula is C18H18N2O4S2. The fraction of sp³-hybridized carbons (Fsp3) is 0.167. The van der Waals surface area contributed by atoms with Crippen LogP contribution in [0, 0.1) is 0 Å². The summed E-state index contributed by atoms with van der Waals surface area (Å²) in [5, 5.41) is 6.53. The summed E-state index contributed by atoms with van der Waals surface area (Å²) in [5.41, 5.74) is 1.54. The highest BCUT2D eigenvalue weighted by Crippen LogP contribution is 2.27. The van der Waals surface area contributed by atoms with Gasteiger partial charge < -0.3 is 9.73 Å². The van der Waals surface area contributed by atoms with Gasteiger partial charge in [-0.3, -0.25) is 4.79 Å². The number of carbonyl (C=O) groups excluding carboxylic acids is 1. The van der Waals surface area contributed by atoms with E-state index in [0.29, 0.717) is 11.4 Å². The highest BCUT2D eigenvalue weighted by molar-refractivity contribution is 7.89. The van der Waals surface area contributed by atoms with Crippen molar-refractivity contribution < 1.29 is 17.6 Å². The van der Waals surface area contributed by atoms with Gasteiger partial charge >= 0.3 is 0 Å². The number of furan rings is 1. The number of anilines is 1. The molecule has 0 saturated carbocycles. The number of thiophene rings is 1. The van der Waals surface area contributed by atoms with Crippen LogP contribution in [0.25, 0.3) is 0 Å². The monoisotopic (exact) mass is 390 g/mol. The molecule has 0 radical (unpaired) electrons. The maximum Gasteiger partial charge on any atom is 0.240 e. The van der Waals surface area contributed by atoms with Gasteiger partial charge in [0.15, 0.2) is 0 Å². The molecule has 0 spiro atoms. The first-order chi connectivity index (χ1) is 12.5. The zero-order chi connectivity index (χ0) is 18.6. The lowest BCUT2D eigenvalue weighted by Crippen LogP contribution is -2.28. The third kappa shape index (κ3) is 4.40. The van der Waals surface area contributed by atoms with E-state index in [1.54, 1.807) is 35.8 Å². The summed E-state index contributed by atoms with van der Waals surface area (Å²) in [6, 6.07) is 11.6. The Balaban J connectivity index is 1.75. The molecule has 1 aromatic carbocycles. The van der Waals surface area contributed by atoms with Crippen LogP contribution in [-0.4, -0.2) is 20.9 Å². The molecule has 2 N–H and O–H groups in total. The molecule has 0 saturated heterocycles. The van der Waals surface area contributed by atoms with E-state index in [0.717, 1.165) is 5.56 Å². The van der Waals surface area contributed by atoms with Crippen molar-refractivity contribution in [3.05, 3.63) is 70.8 Å². The number of hydrogen-bond acceptors (Lipinski definition) is 5. The van der Waals surface area contributed by atoms with E-state index >= 15 is 0 Å². The molecule has 6 nitrogen and oxygen atoms in total. The second-order valence-electron chi connectivity index (χ2n) is 5.68. The molecule has 0 aliphatic rings. The highest BCUT2D eigenvalue weighted by atomic mass is 32.2. The molecule has 1 unspecified atom stereocenters. The average molecular weight is 390 g/mol. The maximum atomic E-state index is 12.6. The van der Waals surface area contributed by atoms with Crippen molar-refractivity contribution in [2.75, 3.05) is 11.9 Å². The maximum absolute atomic E-state index is 12.6. The van der Waals surface area contributed by atoms with Crippen LogP contribution in [0.2, 0.25) is 0 Å². The van der Waals surface area contributed by atoms with E-state index in [1.165, 1.54) is 19.1 Å². The van der Waals surface area contributed by atoms with Gasteiger partial charge in [-0.25, -0.2) is 13.1 Å². The predicted octanol–water partition coefficient (Wildman–Crippen LogP) is 3.41. The quantitative estimate of drug-likeness (QED) is 0.647. The largest absolute Gasteiger partial charge is 0.469 e. The van der Waals surface area contributed by atoms with Gasteiger partial charge in [0.2, 0.25) is 15.9 Å². The van der Waals surface area contributed by atoms with Crippen LogP contribution < -0.4 is 10.0 Å². The standard InChI is InChI=1S/C18H18N2O4S2/c1-13(21)20-15-4-6-16(7-5-15)26(22,23)19-11-17(14-8-10-25-12-14)18-3-2-9-24-18/h2-10,12,17,19H,11H2,1H3,(H,20,21). The Hall–Kier alpha value is -2.42. The minimum atomic E-state index is -3.68. The van der Waals surface area contributed by atoms with Crippen LogP contribution in [0.15, 0.2) is 68.8 Å². The molecule has 0 aliphatic carbocycles. The van der Waals surface area contributed by atoms with Crippen molar-refractivity contribution in [2.45, 2.75) is 17.7 Å². The van der Waals surface area contributed by atoms with E-state index < -0.39 is 10.0 Å². The molecule has 1 amide bonds. The smallest absolute Gasteiger partial charge is 0.240 e. The van der Waals surface area contributed by atoms with Gasteiger partial charge in [0.1, 0.15) is 5.76 Å². The molecule has 3 rings (SSSR count). The van der Waals surface area contributed by atoms with Crippen molar-refractivity contribution in [3.8, 4) is 0 Å². The van der Waals surface area contributed by atoms with Crippen molar-refractivity contribution in [2.24, 2.45) is 0 Å². The van der Waals surface area contributed by atoms with Gasteiger partial charge in [-0.1, -0.05) is 0 Å². The Labute approximate surface area is 155 Å². The second kappa shape index (κ2) is 7.86. The molecule has 26 heavy (non-hydrogen) atoms. The van der Waals surface area contributed by atoms with Gasteiger partial charge in [0.05, 0.1) is 17.1 Å². The lowest BCUT2D eigenvalue weighted by Gasteiger charge is -2.15. The molecule has 1 atom stereocenters. The fourth-order valence-corrected chi connectivity index (χ4v) is 4.30. The van der Waals surface area contributed by atoms with Crippen LogP contribution in [0.3, 0.4) is 0 Å². The third-order valence-electron chi connectivity index (χ3n) is 3.79. The van der Waals surface area contributed by atoms with E-state index in [9.17, 15) is 13.2 Å². The lowest BCUT2D eigenvalue weighted by atomic mass is 10.00. The van der Waals surface area contributed by atoms with Gasteiger partial charge in [-0.05, 0) is 58.8 Å². The molecule has 0 bridgehead atoms. The first-order valence-electron chi connectivity index (χ1n) is 7.88. The number of amides is 1. The van der Waals surface area contributed by atoms with E-state index in [1.807, 2.05) is 22.9 Å². The van der Waals surface area contributed by atoms with Crippen molar-refractivity contribution >= 4 is 33.0 Å². The minimum Gasteiger partial charge on any atom is -0.469 e. The number of carbonyl (C=O) groups is 1. The Kier molecular flexibility index (Phi) is 5.55. The topological polar surface area (TPSA) is 88.4 Å². The van der Waals surface area contributed by atoms with Crippen LogP contribution in [-0.2, 0) is 14.8 Å². The Morgan fingerprint density at radius 3 is 2.54 bits per heavy atom. The summed E-state index contributed by atoms with van der Waals surface area (Å²) in [6.07, 6.45) is 1.57. The Morgan fingerprint density at radius 1 is 1.19 bits per heavy atom. The van der Waals surface area contributed by atoms with Crippen LogP contribution >= 0.6 is 11.3 Å². The summed E-state index contributed by atoms with van der Waals surface area (Å²) in [6.45, 7) is 1.57. The summed E-state index contributed by atoms with van der Waals surface area (Å²) >= 11 is 1.55. The van der Waals surface area contributed by atoms with Crippen LogP contribution in [0.1, 0.15) is 24.2 Å². The first-order valence-corrected chi connectivity index (χ1v) is 10.3.